The smallest absolute Gasteiger partial charge is 0.0595 e. The van der Waals surface area contributed by atoms with E-state index in [0.717, 1.165) is 25.0 Å². The molecule has 15 heavy (non-hydrogen) atoms. The highest BCUT2D eigenvalue weighted by Crippen LogP contribution is 2.26. The first-order chi connectivity index (χ1) is 7.15. The van der Waals surface area contributed by atoms with E-state index in [1.807, 2.05) is 12.1 Å². The van der Waals surface area contributed by atoms with E-state index in [9.17, 15) is 0 Å². The van der Waals surface area contributed by atoms with E-state index < -0.39 is 0 Å². The molecule has 1 aromatic rings. The van der Waals surface area contributed by atoms with Gasteiger partial charge in [0, 0.05) is 19.8 Å². The Morgan fingerprint density at radius 1 is 1.33 bits per heavy atom. The van der Waals surface area contributed by atoms with E-state index in [1.54, 1.807) is 13.2 Å². The highest BCUT2D eigenvalue weighted by atomic mass is 35.5. The monoisotopic (exact) mass is 247 g/mol. The second kappa shape index (κ2) is 6.33. The van der Waals surface area contributed by atoms with Gasteiger partial charge in [0.2, 0.25) is 0 Å². The van der Waals surface area contributed by atoms with Crippen molar-refractivity contribution < 1.29 is 4.74 Å². The zero-order valence-electron chi connectivity index (χ0n) is 8.67. The molecule has 0 amide bonds. The average molecular weight is 248 g/mol. The first-order valence-electron chi connectivity index (χ1n) is 4.84. The summed E-state index contributed by atoms with van der Waals surface area (Å²) in [7, 11) is 1.69. The van der Waals surface area contributed by atoms with Crippen molar-refractivity contribution in [2.24, 2.45) is 5.73 Å². The number of hydrogen-bond donors (Lipinski definition) is 1. The van der Waals surface area contributed by atoms with E-state index in [2.05, 4.69) is 0 Å². The largest absolute Gasteiger partial charge is 0.385 e. The molecule has 4 heteroatoms. The number of rotatable bonds is 5. The fraction of sp³-hybridized carbons (Fsp3) is 0.455. The maximum atomic E-state index is 6.00. The van der Waals surface area contributed by atoms with Gasteiger partial charge in [0.1, 0.15) is 0 Å². The third-order valence-electron chi connectivity index (χ3n) is 2.24. The highest BCUT2D eigenvalue weighted by molar-refractivity contribution is 6.42. The summed E-state index contributed by atoms with van der Waals surface area (Å²) in [5, 5.41) is 1.11. The molecule has 1 atom stereocenters. The fourth-order valence-electron chi connectivity index (χ4n) is 1.36. The summed E-state index contributed by atoms with van der Waals surface area (Å²) in [6.07, 6.45) is 1.82. The second-order valence-corrected chi connectivity index (χ2v) is 4.23. The van der Waals surface area contributed by atoms with Gasteiger partial charge >= 0.3 is 0 Å². The Morgan fingerprint density at radius 2 is 2.07 bits per heavy atom. The lowest BCUT2D eigenvalue weighted by molar-refractivity contribution is 0.190. The van der Waals surface area contributed by atoms with Crippen molar-refractivity contribution in [2.45, 2.75) is 18.9 Å². The van der Waals surface area contributed by atoms with Gasteiger partial charge in [-0.3, -0.25) is 0 Å². The molecular formula is C11H15Cl2NO. The summed E-state index contributed by atoms with van der Waals surface area (Å²) < 4.78 is 4.97. The number of benzene rings is 1. The molecule has 0 aromatic heterocycles. The van der Waals surface area contributed by atoms with E-state index in [-0.39, 0.29) is 6.04 Å². The molecule has 0 radical (unpaired) electrons. The van der Waals surface area contributed by atoms with Gasteiger partial charge < -0.3 is 10.5 Å². The molecule has 0 heterocycles. The fourth-order valence-corrected chi connectivity index (χ4v) is 1.66. The Morgan fingerprint density at radius 3 is 2.67 bits per heavy atom. The molecule has 1 unspecified atom stereocenters. The van der Waals surface area contributed by atoms with Crippen LogP contribution in [0.4, 0.5) is 0 Å². The normalized spacial score (nSPS) is 12.8. The Bertz CT molecular complexity index is 317. The van der Waals surface area contributed by atoms with Gasteiger partial charge in [-0.25, -0.2) is 0 Å². The standard InChI is InChI=1S/C11H15Cl2NO/c1-15-6-2-3-11(14)8-4-5-9(12)10(13)7-8/h4-5,7,11H,2-3,6,14H2,1H3. The third-order valence-corrected chi connectivity index (χ3v) is 2.97. The van der Waals surface area contributed by atoms with Crippen LogP contribution in [0, 0.1) is 0 Å². The lowest BCUT2D eigenvalue weighted by atomic mass is 10.0. The topological polar surface area (TPSA) is 35.2 Å². The van der Waals surface area contributed by atoms with Crippen LogP contribution in [0.3, 0.4) is 0 Å². The highest BCUT2D eigenvalue weighted by Gasteiger charge is 2.07. The third kappa shape index (κ3) is 3.99. The minimum absolute atomic E-state index is 0.00471. The molecule has 0 fully saturated rings. The molecule has 84 valence electrons. The van der Waals surface area contributed by atoms with Gasteiger partial charge in [-0.15, -0.1) is 0 Å². The molecule has 0 saturated carbocycles. The summed E-state index contributed by atoms with van der Waals surface area (Å²) >= 11 is 11.7. The molecule has 1 rings (SSSR count). The van der Waals surface area contributed by atoms with Crippen molar-refractivity contribution in [3.05, 3.63) is 33.8 Å². The molecule has 0 bridgehead atoms. The number of hydrogen-bond acceptors (Lipinski definition) is 2. The summed E-state index contributed by atoms with van der Waals surface area (Å²) in [6.45, 7) is 0.731. The predicted octanol–water partition coefficient (Wildman–Crippen LogP) is 3.42. The summed E-state index contributed by atoms with van der Waals surface area (Å²) in [4.78, 5) is 0. The summed E-state index contributed by atoms with van der Waals surface area (Å²) in [5.74, 6) is 0. The molecule has 1 aromatic carbocycles. The summed E-state index contributed by atoms with van der Waals surface area (Å²) in [5.41, 5.74) is 7.01. The SMILES string of the molecule is COCCCC(N)c1ccc(Cl)c(Cl)c1. The van der Waals surface area contributed by atoms with Crippen molar-refractivity contribution in [3.8, 4) is 0 Å². The van der Waals surface area contributed by atoms with E-state index >= 15 is 0 Å². The second-order valence-electron chi connectivity index (χ2n) is 3.42. The van der Waals surface area contributed by atoms with Crippen molar-refractivity contribution in [3.63, 3.8) is 0 Å². The minimum Gasteiger partial charge on any atom is -0.385 e. The predicted molar refractivity (Wildman–Crippen MR) is 64.5 cm³/mol. The van der Waals surface area contributed by atoms with Crippen LogP contribution < -0.4 is 5.73 Å². The van der Waals surface area contributed by atoms with Crippen LogP contribution in [0.1, 0.15) is 24.4 Å². The van der Waals surface area contributed by atoms with Gasteiger partial charge in [0.05, 0.1) is 10.0 Å². The van der Waals surface area contributed by atoms with Gasteiger partial charge in [0.15, 0.2) is 0 Å². The summed E-state index contributed by atoms with van der Waals surface area (Å²) in [6, 6.07) is 5.50. The Balaban J connectivity index is 2.57. The lowest BCUT2D eigenvalue weighted by Gasteiger charge is -2.12. The van der Waals surface area contributed by atoms with E-state index in [4.69, 9.17) is 33.7 Å². The van der Waals surface area contributed by atoms with Crippen molar-refractivity contribution >= 4 is 23.2 Å². The molecule has 0 aliphatic rings. The molecule has 0 spiro atoms. The van der Waals surface area contributed by atoms with Crippen LogP contribution >= 0.6 is 23.2 Å². The maximum Gasteiger partial charge on any atom is 0.0595 e. The van der Waals surface area contributed by atoms with E-state index in [1.165, 1.54) is 0 Å². The molecule has 2 nitrogen and oxygen atoms in total. The van der Waals surface area contributed by atoms with Crippen LogP contribution in [-0.2, 0) is 4.74 Å². The molecular weight excluding hydrogens is 233 g/mol. The average Bonchev–Trinajstić information content (AvgIpc) is 2.22. The first-order valence-corrected chi connectivity index (χ1v) is 5.60. The number of halogens is 2. The van der Waals surface area contributed by atoms with Crippen LogP contribution in [0.15, 0.2) is 18.2 Å². The van der Waals surface area contributed by atoms with Gasteiger partial charge in [-0.2, -0.15) is 0 Å². The molecule has 0 aliphatic heterocycles. The van der Waals surface area contributed by atoms with Crippen molar-refractivity contribution in [1.29, 1.82) is 0 Å². The molecule has 0 saturated heterocycles. The van der Waals surface area contributed by atoms with Crippen molar-refractivity contribution in [2.75, 3.05) is 13.7 Å². The zero-order chi connectivity index (χ0) is 11.3. The van der Waals surface area contributed by atoms with Gasteiger partial charge in [-0.1, -0.05) is 29.3 Å². The van der Waals surface area contributed by atoms with Crippen LogP contribution in [0.5, 0.6) is 0 Å². The van der Waals surface area contributed by atoms with Crippen LogP contribution in [-0.4, -0.2) is 13.7 Å². The Kier molecular flexibility index (Phi) is 5.40. The van der Waals surface area contributed by atoms with Crippen LogP contribution in [0.2, 0.25) is 10.0 Å². The lowest BCUT2D eigenvalue weighted by Crippen LogP contribution is -2.11. The Hall–Kier alpha value is -0.280. The first kappa shape index (κ1) is 12.8. The van der Waals surface area contributed by atoms with Gasteiger partial charge in [0.25, 0.3) is 0 Å². The quantitative estimate of drug-likeness (QED) is 0.810. The Labute approximate surface area is 100 Å². The molecule has 0 aliphatic carbocycles. The zero-order valence-corrected chi connectivity index (χ0v) is 10.2. The number of methoxy groups -OCH3 is 1. The van der Waals surface area contributed by atoms with Gasteiger partial charge in [-0.05, 0) is 30.5 Å². The minimum atomic E-state index is -0.00471. The molecule has 2 N–H and O–H groups in total. The number of ether oxygens (including phenoxy) is 1. The maximum absolute atomic E-state index is 6.00. The number of nitrogens with two attached hydrogens (primary N) is 1. The van der Waals surface area contributed by atoms with E-state index in [0.29, 0.717) is 10.0 Å². The van der Waals surface area contributed by atoms with Crippen molar-refractivity contribution in [1.82, 2.24) is 0 Å². The van der Waals surface area contributed by atoms with Crippen LogP contribution in [0.25, 0.3) is 0 Å².